The van der Waals surface area contributed by atoms with Crippen LogP contribution in [-0.4, -0.2) is 49.7 Å². The number of aromatic nitrogens is 2. The van der Waals surface area contributed by atoms with E-state index >= 15 is 0 Å². The molecule has 1 fully saturated rings. The predicted molar refractivity (Wildman–Crippen MR) is 83.9 cm³/mol. The Balaban J connectivity index is 1.72. The third-order valence-electron chi connectivity index (χ3n) is 3.78. The van der Waals surface area contributed by atoms with Crippen LogP contribution in [0, 0.1) is 0 Å². The maximum Gasteiger partial charge on any atom is 0.268 e. The lowest BCUT2D eigenvalue weighted by Crippen LogP contribution is -2.26. The number of hydrogen-bond donors (Lipinski definition) is 1. The molecule has 0 spiro atoms. The first kappa shape index (κ1) is 16.0. The average molecular weight is 294 g/mol. The lowest BCUT2D eigenvalue weighted by molar-refractivity contribution is 0.199. The van der Waals surface area contributed by atoms with Gasteiger partial charge < -0.3 is 15.0 Å². The van der Waals surface area contributed by atoms with Crippen LogP contribution < -0.4 is 15.8 Å². The van der Waals surface area contributed by atoms with Gasteiger partial charge in [-0.1, -0.05) is 0 Å². The molecule has 1 aromatic heterocycles. The highest BCUT2D eigenvalue weighted by atomic mass is 16.5. The normalized spacial score (nSPS) is 14.8. The summed E-state index contributed by atoms with van der Waals surface area (Å²) < 4.78 is 6.53. The largest absolute Gasteiger partial charge is 0.383 e. The fourth-order valence-electron chi connectivity index (χ4n) is 2.55. The lowest BCUT2D eigenvalue weighted by Gasteiger charge is -2.17. The van der Waals surface area contributed by atoms with Crippen molar-refractivity contribution in [2.45, 2.75) is 32.2 Å². The Hall–Kier alpha value is -1.40. The molecule has 0 radical (unpaired) electrons. The SMILES string of the molecule is COCCNCCCCn1ncc(N2CCCC2)cc1=O. The number of hydrogen-bond acceptors (Lipinski definition) is 5. The zero-order chi connectivity index (χ0) is 14.9. The van der Waals surface area contributed by atoms with Gasteiger partial charge in [-0.2, -0.15) is 5.10 Å². The minimum absolute atomic E-state index is 0.00624. The predicted octanol–water partition coefficient (Wildman–Crippen LogP) is 0.860. The van der Waals surface area contributed by atoms with Gasteiger partial charge in [0, 0.05) is 39.4 Å². The van der Waals surface area contributed by atoms with Gasteiger partial charge >= 0.3 is 0 Å². The van der Waals surface area contributed by atoms with Crippen LogP contribution in [-0.2, 0) is 11.3 Å². The summed E-state index contributed by atoms with van der Waals surface area (Å²) in [6.45, 7) is 5.32. The molecule has 2 heterocycles. The molecule has 0 bridgehead atoms. The molecule has 6 nitrogen and oxygen atoms in total. The third-order valence-corrected chi connectivity index (χ3v) is 3.78. The molecule has 21 heavy (non-hydrogen) atoms. The van der Waals surface area contributed by atoms with E-state index in [9.17, 15) is 4.79 Å². The highest BCUT2D eigenvalue weighted by Crippen LogP contribution is 2.16. The highest BCUT2D eigenvalue weighted by molar-refractivity contribution is 5.43. The number of nitrogens with zero attached hydrogens (tertiary/aromatic N) is 3. The number of anilines is 1. The Morgan fingerprint density at radius 2 is 2.10 bits per heavy atom. The van der Waals surface area contributed by atoms with Gasteiger partial charge in [-0.05, 0) is 32.2 Å². The fourth-order valence-corrected chi connectivity index (χ4v) is 2.55. The van der Waals surface area contributed by atoms with E-state index in [0.717, 1.165) is 51.3 Å². The van der Waals surface area contributed by atoms with Crippen molar-refractivity contribution in [2.75, 3.05) is 44.8 Å². The molecule has 6 heteroatoms. The van der Waals surface area contributed by atoms with Crippen LogP contribution in [0.25, 0.3) is 0 Å². The summed E-state index contributed by atoms with van der Waals surface area (Å²) in [5.74, 6) is 0. The monoisotopic (exact) mass is 294 g/mol. The molecule has 0 unspecified atom stereocenters. The zero-order valence-electron chi connectivity index (χ0n) is 12.9. The highest BCUT2D eigenvalue weighted by Gasteiger charge is 2.13. The van der Waals surface area contributed by atoms with Gasteiger partial charge in [-0.3, -0.25) is 4.79 Å². The molecule has 0 amide bonds. The second-order valence-corrected chi connectivity index (χ2v) is 5.42. The maximum absolute atomic E-state index is 12.0. The van der Waals surface area contributed by atoms with Crippen molar-refractivity contribution in [1.29, 1.82) is 0 Å². The van der Waals surface area contributed by atoms with Gasteiger partial charge in [-0.25, -0.2) is 4.68 Å². The van der Waals surface area contributed by atoms with Crippen LogP contribution in [0.15, 0.2) is 17.1 Å². The van der Waals surface area contributed by atoms with Crippen molar-refractivity contribution in [3.63, 3.8) is 0 Å². The molecule has 0 saturated carbocycles. The van der Waals surface area contributed by atoms with E-state index in [1.807, 2.05) is 6.20 Å². The van der Waals surface area contributed by atoms with E-state index in [1.165, 1.54) is 12.8 Å². The molecule has 0 aliphatic carbocycles. The van der Waals surface area contributed by atoms with Crippen LogP contribution in [0.1, 0.15) is 25.7 Å². The Bertz CT molecular complexity index is 469. The molecule has 118 valence electrons. The van der Waals surface area contributed by atoms with Gasteiger partial charge in [0.1, 0.15) is 0 Å². The molecule has 1 aliphatic heterocycles. The van der Waals surface area contributed by atoms with E-state index in [2.05, 4.69) is 15.3 Å². The quantitative estimate of drug-likeness (QED) is 0.685. The summed E-state index contributed by atoms with van der Waals surface area (Å²) in [6.07, 6.45) is 6.23. The third kappa shape index (κ3) is 5.13. The standard InChI is InChI=1S/C15H26N4O2/c1-21-11-7-16-6-2-3-10-19-15(20)12-14(13-17-19)18-8-4-5-9-18/h12-13,16H,2-11H2,1H3. The summed E-state index contributed by atoms with van der Waals surface area (Å²) in [5, 5.41) is 7.59. The summed E-state index contributed by atoms with van der Waals surface area (Å²) in [5.41, 5.74) is 0.974. The lowest BCUT2D eigenvalue weighted by atomic mass is 10.3. The number of aryl methyl sites for hydroxylation is 1. The van der Waals surface area contributed by atoms with E-state index in [4.69, 9.17) is 4.74 Å². The topological polar surface area (TPSA) is 59.4 Å². The first-order chi connectivity index (χ1) is 10.3. The van der Waals surface area contributed by atoms with Gasteiger partial charge in [0.2, 0.25) is 0 Å². The van der Waals surface area contributed by atoms with E-state index in [-0.39, 0.29) is 5.56 Å². The zero-order valence-corrected chi connectivity index (χ0v) is 12.9. The second kappa shape index (κ2) is 8.79. The van der Waals surface area contributed by atoms with Gasteiger partial charge in [0.15, 0.2) is 0 Å². The fraction of sp³-hybridized carbons (Fsp3) is 0.733. The Morgan fingerprint density at radius 3 is 2.81 bits per heavy atom. The Kier molecular flexibility index (Phi) is 6.69. The Morgan fingerprint density at radius 1 is 1.29 bits per heavy atom. The van der Waals surface area contributed by atoms with Crippen LogP contribution >= 0.6 is 0 Å². The summed E-state index contributed by atoms with van der Waals surface area (Å²) in [4.78, 5) is 14.3. The van der Waals surface area contributed by atoms with E-state index in [1.54, 1.807) is 17.9 Å². The molecule has 2 rings (SSSR count). The van der Waals surface area contributed by atoms with Crippen molar-refractivity contribution in [2.24, 2.45) is 0 Å². The van der Waals surface area contributed by atoms with Crippen molar-refractivity contribution in [3.05, 3.63) is 22.6 Å². The number of ether oxygens (including phenoxy) is 1. The molecule has 1 aromatic rings. The van der Waals surface area contributed by atoms with Gasteiger partial charge in [0.25, 0.3) is 5.56 Å². The molecule has 1 aliphatic rings. The summed E-state index contributed by atoms with van der Waals surface area (Å²) in [7, 11) is 1.70. The molecule has 0 aromatic carbocycles. The molecular formula is C15H26N4O2. The minimum Gasteiger partial charge on any atom is -0.383 e. The smallest absolute Gasteiger partial charge is 0.268 e. The molecular weight excluding hydrogens is 268 g/mol. The van der Waals surface area contributed by atoms with Crippen LogP contribution in [0.5, 0.6) is 0 Å². The summed E-state index contributed by atoms with van der Waals surface area (Å²) in [6, 6.07) is 1.72. The Labute approximate surface area is 126 Å². The van der Waals surface area contributed by atoms with Crippen molar-refractivity contribution in [3.8, 4) is 0 Å². The number of nitrogens with one attached hydrogen (secondary N) is 1. The van der Waals surface area contributed by atoms with Crippen molar-refractivity contribution < 1.29 is 4.74 Å². The van der Waals surface area contributed by atoms with Crippen LogP contribution in [0.4, 0.5) is 5.69 Å². The summed E-state index contributed by atoms with van der Waals surface area (Å²) >= 11 is 0. The first-order valence-corrected chi connectivity index (χ1v) is 7.83. The number of rotatable bonds is 9. The van der Waals surface area contributed by atoms with Crippen molar-refractivity contribution in [1.82, 2.24) is 15.1 Å². The number of unbranched alkanes of at least 4 members (excludes halogenated alkanes) is 1. The van der Waals surface area contributed by atoms with E-state index in [0.29, 0.717) is 6.54 Å². The number of methoxy groups -OCH3 is 1. The first-order valence-electron chi connectivity index (χ1n) is 7.83. The molecule has 1 N–H and O–H groups in total. The molecule has 1 saturated heterocycles. The van der Waals surface area contributed by atoms with Gasteiger partial charge in [0.05, 0.1) is 18.5 Å². The maximum atomic E-state index is 12.0. The minimum atomic E-state index is 0.00624. The van der Waals surface area contributed by atoms with E-state index < -0.39 is 0 Å². The average Bonchev–Trinajstić information content (AvgIpc) is 3.02. The van der Waals surface area contributed by atoms with Crippen molar-refractivity contribution >= 4 is 5.69 Å². The van der Waals surface area contributed by atoms with Gasteiger partial charge in [-0.15, -0.1) is 0 Å². The second-order valence-electron chi connectivity index (χ2n) is 5.42. The molecule has 0 atom stereocenters. The van der Waals surface area contributed by atoms with Crippen LogP contribution in [0.2, 0.25) is 0 Å². The van der Waals surface area contributed by atoms with Crippen LogP contribution in [0.3, 0.4) is 0 Å².